The van der Waals surface area contributed by atoms with Gasteiger partial charge in [-0.2, -0.15) is 0 Å². The summed E-state index contributed by atoms with van der Waals surface area (Å²) in [6, 6.07) is 3.46. The first-order valence-corrected chi connectivity index (χ1v) is 3.84. The number of nitrogen functional groups attached to an aromatic ring is 1. The van der Waals surface area contributed by atoms with Gasteiger partial charge in [-0.05, 0) is 18.6 Å². The first-order chi connectivity index (χ1) is 5.65. The minimum atomic E-state index is -0.141. The second-order valence-corrected chi connectivity index (χ2v) is 2.75. The second kappa shape index (κ2) is 3.51. The normalized spacial score (nSPS) is 12.9. The van der Waals surface area contributed by atoms with Crippen LogP contribution in [-0.2, 0) is 0 Å². The van der Waals surface area contributed by atoms with Gasteiger partial charge < -0.3 is 17.2 Å². The summed E-state index contributed by atoms with van der Waals surface area (Å²) in [7, 11) is 0. The lowest BCUT2D eigenvalue weighted by atomic mass is 10.1. The smallest absolute Gasteiger partial charge is 0.123 e. The fourth-order valence-corrected chi connectivity index (χ4v) is 1.11. The maximum Gasteiger partial charge on any atom is 0.123 e. The van der Waals surface area contributed by atoms with Crippen LogP contribution in [0.15, 0.2) is 12.1 Å². The van der Waals surface area contributed by atoms with Crippen LogP contribution in [0.3, 0.4) is 0 Å². The van der Waals surface area contributed by atoms with E-state index in [9.17, 15) is 0 Å². The predicted octanol–water partition coefficient (Wildman–Crippen LogP) is -0.0693. The van der Waals surface area contributed by atoms with Crippen molar-refractivity contribution in [3.8, 4) is 0 Å². The van der Waals surface area contributed by atoms with Crippen LogP contribution in [-0.4, -0.2) is 11.5 Å². The zero-order chi connectivity index (χ0) is 9.14. The highest BCUT2D eigenvalue weighted by Gasteiger charge is 2.07. The summed E-state index contributed by atoms with van der Waals surface area (Å²) >= 11 is 0. The molecule has 4 nitrogen and oxygen atoms in total. The maximum absolute atomic E-state index is 5.74. The molecule has 1 aromatic rings. The molecule has 0 saturated carbocycles. The molecule has 0 bridgehead atoms. The van der Waals surface area contributed by atoms with Gasteiger partial charge in [0, 0.05) is 18.3 Å². The number of rotatable bonds is 2. The molecule has 0 aliphatic rings. The zero-order valence-electron chi connectivity index (χ0n) is 7.12. The van der Waals surface area contributed by atoms with Crippen molar-refractivity contribution < 1.29 is 0 Å². The highest BCUT2D eigenvalue weighted by atomic mass is 14.8. The summed E-state index contributed by atoms with van der Waals surface area (Å²) in [4.78, 5) is 4.08. The lowest BCUT2D eigenvalue weighted by Crippen LogP contribution is -2.22. The van der Waals surface area contributed by atoms with Crippen LogP contribution < -0.4 is 17.2 Å². The van der Waals surface area contributed by atoms with Crippen LogP contribution in [0.25, 0.3) is 0 Å². The molecule has 6 N–H and O–H groups in total. The van der Waals surface area contributed by atoms with E-state index in [2.05, 4.69) is 4.98 Å². The highest BCUT2D eigenvalue weighted by Crippen LogP contribution is 2.13. The number of nitrogens with two attached hydrogens (primary N) is 3. The molecule has 1 aromatic heterocycles. The molecule has 1 rings (SSSR count). The second-order valence-electron chi connectivity index (χ2n) is 2.75. The Hall–Kier alpha value is -1.13. The average Bonchev–Trinajstić information content (AvgIpc) is 2.03. The summed E-state index contributed by atoms with van der Waals surface area (Å²) < 4.78 is 0. The summed E-state index contributed by atoms with van der Waals surface area (Å²) in [5.74, 6) is 0.514. The Labute approximate surface area is 71.8 Å². The Balaban J connectivity index is 3.01. The summed E-state index contributed by atoms with van der Waals surface area (Å²) in [6.45, 7) is 2.30. The van der Waals surface area contributed by atoms with Crippen LogP contribution in [0.5, 0.6) is 0 Å². The predicted molar refractivity (Wildman–Crippen MR) is 49.4 cm³/mol. The standard InChI is InChI=1S/C8H14N4/c1-5-6(7(10)4-9)2-3-8(11)12-5/h2-3,7H,4,9-10H2,1H3,(H2,11,12)/t7-/m1/s1. The van der Waals surface area contributed by atoms with Gasteiger partial charge in [-0.1, -0.05) is 6.07 Å². The van der Waals surface area contributed by atoms with Gasteiger partial charge in [-0.3, -0.25) is 0 Å². The van der Waals surface area contributed by atoms with Crippen LogP contribution in [0.4, 0.5) is 5.82 Å². The minimum absolute atomic E-state index is 0.141. The molecule has 4 heteroatoms. The molecule has 1 heterocycles. The SMILES string of the molecule is Cc1nc(N)ccc1[C@H](N)CN. The van der Waals surface area contributed by atoms with E-state index in [1.165, 1.54) is 0 Å². The van der Waals surface area contributed by atoms with E-state index in [1.807, 2.05) is 13.0 Å². The molecule has 1 atom stereocenters. The monoisotopic (exact) mass is 166 g/mol. The molecule has 66 valence electrons. The summed E-state index contributed by atoms with van der Waals surface area (Å²) in [6.07, 6.45) is 0. The van der Waals surface area contributed by atoms with Crippen molar-refractivity contribution in [2.75, 3.05) is 12.3 Å². The van der Waals surface area contributed by atoms with E-state index in [0.717, 1.165) is 11.3 Å². The Kier molecular flexibility index (Phi) is 2.62. The molecule has 12 heavy (non-hydrogen) atoms. The first-order valence-electron chi connectivity index (χ1n) is 3.84. The van der Waals surface area contributed by atoms with Crippen molar-refractivity contribution in [1.29, 1.82) is 0 Å². The molecule has 0 aliphatic carbocycles. The third kappa shape index (κ3) is 1.72. The van der Waals surface area contributed by atoms with Crippen molar-refractivity contribution in [2.24, 2.45) is 11.5 Å². The van der Waals surface area contributed by atoms with E-state index in [4.69, 9.17) is 17.2 Å². The van der Waals surface area contributed by atoms with Gasteiger partial charge in [0.15, 0.2) is 0 Å². The summed E-state index contributed by atoms with van der Waals surface area (Å²) in [5, 5.41) is 0. The summed E-state index contributed by atoms with van der Waals surface area (Å²) in [5.41, 5.74) is 18.5. The van der Waals surface area contributed by atoms with E-state index in [-0.39, 0.29) is 6.04 Å². The molecule has 0 unspecified atom stereocenters. The highest BCUT2D eigenvalue weighted by molar-refractivity contribution is 5.35. The fraction of sp³-hybridized carbons (Fsp3) is 0.375. The number of nitrogens with zero attached hydrogens (tertiary/aromatic N) is 1. The van der Waals surface area contributed by atoms with Gasteiger partial charge in [-0.15, -0.1) is 0 Å². The number of hydrogen-bond donors (Lipinski definition) is 3. The van der Waals surface area contributed by atoms with E-state index in [1.54, 1.807) is 6.07 Å². The molecule has 0 amide bonds. The molecule has 0 saturated heterocycles. The van der Waals surface area contributed by atoms with Crippen LogP contribution in [0, 0.1) is 6.92 Å². The average molecular weight is 166 g/mol. The van der Waals surface area contributed by atoms with Crippen molar-refractivity contribution in [3.63, 3.8) is 0 Å². The van der Waals surface area contributed by atoms with Crippen LogP contribution in [0.1, 0.15) is 17.3 Å². The topological polar surface area (TPSA) is 90.9 Å². The Bertz CT molecular complexity index is 272. The van der Waals surface area contributed by atoms with Gasteiger partial charge in [0.2, 0.25) is 0 Å². The lowest BCUT2D eigenvalue weighted by Gasteiger charge is -2.11. The van der Waals surface area contributed by atoms with Crippen molar-refractivity contribution in [3.05, 3.63) is 23.4 Å². The Morgan fingerprint density at radius 2 is 2.17 bits per heavy atom. The van der Waals surface area contributed by atoms with E-state index < -0.39 is 0 Å². The van der Waals surface area contributed by atoms with Crippen LogP contribution >= 0.6 is 0 Å². The van der Waals surface area contributed by atoms with Gasteiger partial charge in [-0.25, -0.2) is 4.98 Å². The molecule has 0 aromatic carbocycles. The Morgan fingerprint density at radius 1 is 1.50 bits per heavy atom. The molecule has 0 spiro atoms. The number of anilines is 1. The number of aromatic nitrogens is 1. The van der Waals surface area contributed by atoms with E-state index >= 15 is 0 Å². The zero-order valence-corrected chi connectivity index (χ0v) is 7.12. The van der Waals surface area contributed by atoms with Crippen molar-refractivity contribution in [1.82, 2.24) is 4.98 Å². The third-order valence-electron chi connectivity index (χ3n) is 1.80. The molecular weight excluding hydrogens is 152 g/mol. The molecule has 0 radical (unpaired) electrons. The Morgan fingerprint density at radius 3 is 2.67 bits per heavy atom. The fourth-order valence-electron chi connectivity index (χ4n) is 1.11. The number of pyridine rings is 1. The van der Waals surface area contributed by atoms with Crippen LogP contribution in [0.2, 0.25) is 0 Å². The number of hydrogen-bond acceptors (Lipinski definition) is 4. The van der Waals surface area contributed by atoms with Gasteiger partial charge in [0.05, 0.1) is 0 Å². The molecule has 0 fully saturated rings. The lowest BCUT2D eigenvalue weighted by molar-refractivity contribution is 0.726. The van der Waals surface area contributed by atoms with Gasteiger partial charge >= 0.3 is 0 Å². The number of aryl methyl sites for hydroxylation is 1. The largest absolute Gasteiger partial charge is 0.384 e. The minimum Gasteiger partial charge on any atom is -0.384 e. The first kappa shape index (κ1) is 8.96. The molecule has 0 aliphatic heterocycles. The van der Waals surface area contributed by atoms with Gasteiger partial charge in [0.1, 0.15) is 5.82 Å². The van der Waals surface area contributed by atoms with Gasteiger partial charge in [0.25, 0.3) is 0 Å². The van der Waals surface area contributed by atoms with E-state index in [0.29, 0.717) is 12.4 Å². The maximum atomic E-state index is 5.74. The third-order valence-corrected chi connectivity index (χ3v) is 1.80. The molecular formula is C8H14N4. The van der Waals surface area contributed by atoms with Crippen molar-refractivity contribution >= 4 is 5.82 Å². The van der Waals surface area contributed by atoms with Crippen molar-refractivity contribution in [2.45, 2.75) is 13.0 Å². The quantitative estimate of drug-likeness (QED) is 0.573.